The normalized spacial score (nSPS) is 9.89. The molecule has 0 aromatic heterocycles. The fourth-order valence-electron chi connectivity index (χ4n) is 1.36. The van der Waals surface area contributed by atoms with Crippen LogP contribution in [-0.2, 0) is 9.59 Å². The lowest BCUT2D eigenvalue weighted by atomic mass is 10.2. The summed E-state index contributed by atoms with van der Waals surface area (Å²) in [4.78, 5) is 21.7. The van der Waals surface area contributed by atoms with Crippen molar-refractivity contribution >= 4 is 36.2 Å². The van der Waals surface area contributed by atoms with Gasteiger partial charge in [-0.3, -0.25) is 9.59 Å². The number of nitrogens with two attached hydrogens (primary N) is 1. The number of carboxylic acid groups (broad SMARTS) is 1. The van der Waals surface area contributed by atoms with Gasteiger partial charge in [0.25, 0.3) is 0 Å². The zero-order valence-electron chi connectivity index (χ0n) is 10.2. The number of carboxylic acids is 1. The largest absolute Gasteiger partial charge is 0.481 e. The van der Waals surface area contributed by atoms with Crippen molar-refractivity contribution in [3.8, 4) is 0 Å². The van der Waals surface area contributed by atoms with E-state index in [2.05, 4.69) is 10.4 Å². The first-order valence-electron chi connectivity index (χ1n) is 5.47. The number of rotatable bonds is 6. The molecule has 1 aromatic carbocycles. The number of hydrogen-bond donors (Lipinski definition) is 3. The molecule has 7 heteroatoms. The number of nitrogens with one attached hydrogen (secondary N) is 1. The number of halogens is 1. The summed E-state index contributed by atoms with van der Waals surface area (Å²) in [5.41, 5.74) is 1.49. The van der Waals surface area contributed by atoms with E-state index in [-0.39, 0.29) is 31.2 Å². The summed E-state index contributed by atoms with van der Waals surface area (Å²) < 4.78 is 0. The number of hydrogen-bond acceptors (Lipinski definition) is 4. The van der Waals surface area contributed by atoms with E-state index in [0.717, 1.165) is 5.56 Å². The van der Waals surface area contributed by atoms with Gasteiger partial charge >= 0.3 is 5.97 Å². The predicted molar refractivity (Wildman–Crippen MR) is 75.6 cm³/mol. The van der Waals surface area contributed by atoms with E-state index in [0.29, 0.717) is 12.1 Å². The lowest BCUT2D eigenvalue weighted by molar-refractivity contribution is -0.137. The molecule has 0 fully saturated rings. The lowest BCUT2D eigenvalue weighted by Crippen LogP contribution is -2.11. The number of benzene rings is 1. The summed E-state index contributed by atoms with van der Waals surface area (Å²) in [6.07, 6.45) is 2.02. The second-order valence-corrected chi connectivity index (χ2v) is 3.70. The second kappa shape index (κ2) is 8.93. The summed E-state index contributed by atoms with van der Waals surface area (Å²) >= 11 is 0. The van der Waals surface area contributed by atoms with E-state index >= 15 is 0 Å². The van der Waals surface area contributed by atoms with E-state index in [1.165, 1.54) is 6.21 Å². The molecule has 0 aliphatic carbocycles. The number of aliphatic carboxylic acids is 1. The Labute approximate surface area is 117 Å². The van der Waals surface area contributed by atoms with Crippen LogP contribution in [0.5, 0.6) is 0 Å². The van der Waals surface area contributed by atoms with Crippen LogP contribution in [0.15, 0.2) is 29.4 Å². The first-order valence-corrected chi connectivity index (χ1v) is 5.47. The van der Waals surface area contributed by atoms with Gasteiger partial charge in [0.15, 0.2) is 0 Å². The van der Waals surface area contributed by atoms with Gasteiger partial charge in [-0.05, 0) is 24.1 Å². The number of anilines is 1. The molecular formula is C12H16ClN3O3. The van der Waals surface area contributed by atoms with Crippen LogP contribution >= 0.6 is 12.4 Å². The van der Waals surface area contributed by atoms with Gasteiger partial charge in [0.1, 0.15) is 0 Å². The first kappa shape index (κ1) is 16.9. The molecule has 0 atom stereocenters. The average molecular weight is 286 g/mol. The Morgan fingerprint density at radius 3 is 2.42 bits per heavy atom. The number of nitrogens with zero attached hydrogens (tertiary/aromatic N) is 1. The van der Waals surface area contributed by atoms with Crippen molar-refractivity contribution in [3.05, 3.63) is 29.8 Å². The Kier molecular flexibility index (Phi) is 7.95. The molecule has 0 heterocycles. The van der Waals surface area contributed by atoms with E-state index in [9.17, 15) is 9.59 Å². The molecule has 1 rings (SSSR count). The van der Waals surface area contributed by atoms with Crippen LogP contribution in [0.25, 0.3) is 0 Å². The highest BCUT2D eigenvalue weighted by Crippen LogP contribution is 2.09. The molecule has 0 aliphatic rings. The first-order chi connectivity index (χ1) is 8.61. The fourth-order valence-corrected chi connectivity index (χ4v) is 1.36. The molecule has 0 radical (unpaired) electrons. The van der Waals surface area contributed by atoms with Gasteiger partial charge in [0.2, 0.25) is 5.91 Å². The van der Waals surface area contributed by atoms with Crippen LogP contribution in [0.3, 0.4) is 0 Å². The predicted octanol–water partition coefficient (Wildman–Crippen LogP) is 1.59. The van der Waals surface area contributed by atoms with Crippen molar-refractivity contribution in [2.45, 2.75) is 19.3 Å². The molecular weight excluding hydrogens is 270 g/mol. The van der Waals surface area contributed by atoms with Crippen molar-refractivity contribution < 1.29 is 14.7 Å². The van der Waals surface area contributed by atoms with Crippen molar-refractivity contribution in [1.29, 1.82) is 0 Å². The smallest absolute Gasteiger partial charge is 0.303 e. The van der Waals surface area contributed by atoms with Gasteiger partial charge in [-0.15, -0.1) is 12.4 Å². The van der Waals surface area contributed by atoms with Crippen molar-refractivity contribution in [1.82, 2.24) is 0 Å². The Morgan fingerprint density at radius 2 is 1.89 bits per heavy atom. The van der Waals surface area contributed by atoms with Gasteiger partial charge < -0.3 is 16.3 Å². The molecule has 6 nitrogen and oxygen atoms in total. The second-order valence-electron chi connectivity index (χ2n) is 3.70. The Hall–Kier alpha value is -2.08. The zero-order chi connectivity index (χ0) is 13.4. The van der Waals surface area contributed by atoms with E-state index in [1.807, 2.05) is 0 Å². The van der Waals surface area contributed by atoms with Crippen LogP contribution in [-0.4, -0.2) is 23.2 Å². The maximum Gasteiger partial charge on any atom is 0.303 e. The summed E-state index contributed by atoms with van der Waals surface area (Å²) in [7, 11) is 0. The molecule has 1 aromatic rings. The van der Waals surface area contributed by atoms with Crippen molar-refractivity contribution in [3.63, 3.8) is 0 Å². The third-order valence-corrected chi connectivity index (χ3v) is 2.21. The molecule has 0 saturated heterocycles. The number of carbonyl (C=O) groups is 2. The maximum absolute atomic E-state index is 11.5. The van der Waals surface area contributed by atoms with Gasteiger partial charge in [0.05, 0.1) is 6.21 Å². The summed E-state index contributed by atoms with van der Waals surface area (Å²) in [5.74, 6) is 3.92. The number of amides is 1. The van der Waals surface area contributed by atoms with Crippen LogP contribution < -0.4 is 11.2 Å². The SMILES string of the molecule is Cl.NN=Cc1ccc(NC(=O)CCCC(=O)O)cc1. The number of hydrazone groups is 1. The Morgan fingerprint density at radius 1 is 1.26 bits per heavy atom. The van der Waals surface area contributed by atoms with E-state index in [4.69, 9.17) is 10.9 Å². The van der Waals surface area contributed by atoms with Gasteiger partial charge in [-0.25, -0.2) is 0 Å². The molecule has 19 heavy (non-hydrogen) atoms. The fraction of sp³-hybridized carbons (Fsp3) is 0.250. The minimum Gasteiger partial charge on any atom is -0.481 e. The highest BCUT2D eigenvalue weighted by Gasteiger charge is 2.04. The van der Waals surface area contributed by atoms with Crippen molar-refractivity contribution in [2.75, 3.05) is 5.32 Å². The molecule has 0 bridgehead atoms. The van der Waals surface area contributed by atoms with Crippen LogP contribution in [0, 0.1) is 0 Å². The Balaban J connectivity index is 0.00000324. The molecule has 0 unspecified atom stereocenters. The van der Waals surface area contributed by atoms with Crippen LogP contribution in [0.4, 0.5) is 5.69 Å². The third kappa shape index (κ3) is 7.05. The molecule has 1 amide bonds. The minimum atomic E-state index is -0.895. The van der Waals surface area contributed by atoms with Gasteiger partial charge in [-0.1, -0.05) is 12.1 Å². The summed E-state index contributed by atoms with van der Waals surface area (Å²) in [6.45, 7) is 0. The highest BCUT2D eigenvalue weighted by molar-refractivity contribution is 5.91. The quantitative estimate of drug-likeness (QED) is 0.419. The van der Waals surface area contributed by atoms with Gasteiger partial charge in [0, 0.05) is 18.5 Å². The third-order valence-electron chi connectivity index (χ3n) is 2.21. The standard InChI is InChI=1S/C12H15N3O3.ClH/c13-14-8-9-4-6-10(7-5-9)15-11(16)2-1-3-12(17)18;/h4-8H,1-3,13H2,(H,15,16)(H,17,18);1H. The summed E-state index contributed by atoms with van der Waals surface area (Å²) in [6, 6.07) is 6.99. The molecule has 0 spiro atoms. The minimum absolute atomic E-state index is 0. The topological polar surface area (TPSA) is 105 Å². The summed E-state index contributed by atoms with van der Waals surface area (Å²) in [5, 5.41) is 14.5. The lowest BCUT2D eigenvalue weighted by Gasteiger charge is -2.04. The average Bonchev–Trinajstić information content (AvgIpc) is 2.31. The van der Waals surface area contributed by atoms with Crippen LogP contribution in [0.2, 0.25) is 0 Å². The maximum atomic E-state index is 11.5. The van der Waals surface area contributed by atoms with Crippen LogP contribution in [0.1, 0.15) is 24.8 Å². The van der Waals surface area contributed by atoms with E-state index in [1.54, 1.807) is 24.3 Å². The zero-order valence-corrected chi connectivity index (χ0v) is 11.0. The monoisotopic (exact) mass is 285 g/mol. The molecule has 0 saturated carbocycles. The molecule has 4 N–H and O–H groups in total. The molecule has 104 valence electrons. The number of carbonyl (C=O) groups excluding carboxylic acids is 1. The highest BCUT2D eigenvalue weighted by atomic mass is 35.5. The Bertz CT molecular complexity index is 446. The van der Waals surface area contributed by atoms with Crippen molar-refractivity contribution in [2.24, 2.45) is 10.9 Å². The molecule has 0 aliphatic heterocycles. The van der Waals surface area contributed by atoms with E-state index < -0.39 is 5.97 Å². The van der Waals surface area contributed by atoms with Gasteiger partial charge in [-0.2, -0.15) is 5.10 Å².